The first-order valence-electron chi connectivity index (χ1n) is 4.38. The molecule has 0 fully saturated rings. The largest absolute Gasteiger partial charge is 0.390 e. The molecular formula is C10H12ClF4N. The molecule has 0 aliphatic rings. The van der Waals surface area contributed by atoms with Crippen LogP contribution in [0.25, 0.3) is 0 Å². The second-order valence-corrected chi connectivity index (χ2v) is 3.43. The maximum Gasteiger partial charge on any atom is 0.390 e. The minimum Gasteiger partial charge on any atom is -0.324 e. The summed E-state index contributed by atoms with van der Waals surface area (Å²) in [5.41, 5.74) is 6.15. The van der Waals surface area contributed by atoms with Crippen molar-refractivity contribution in [3.8, 4) is 0 Å². The molecule has 1 nitrogen and oxygen atoms in total. The molecule has 92 valence electrons. The second kappa shape index (κ2) is 5.50. The van der Waals surface area contributed by atoms with Crippen molar-refractivity contribution in [1.82, 2.24) is 0 Å². The van der Waals surface area contributed by atoms with Gasteiger partial charge in [-0.1, -0.05) is 6.07 Å². The van der Waals surface area contributed by atoms with Gasteiger partial charge in [-0.2, -0.15) is 13.2 Å². The van der Waals surface area contributed by atoms with Crippen LogP contribution in [0.3, 0.4) is 0 Å². The van der Waals surface area contributed by atoms with Crippen LogP contribution in [0.15, 0.2) is 18.2 Å². The van der Waals surface area contributed by atoms with E-state index in [2.05, 4.69) is 0 Å². The van der Waals surface area contributed by atoms with Crippen molar-refractivity contribution in [3.63, 3.8) is 0 Å². The summed E-state index contributed by atoms with van der Waals surface area (Å²) in [6, 6.07) is 2.44. The molecule has 0 amide bonds. The molecule has 1 atom stereocenters. The Morgan fingerprint density at radius 1 is 1.31 bits per heavy atom. The summed E-state index contributed by atoms with van der Waals surface area (Å²) in [5, 5.41) is 0. The summed E-state index contributed by atoms with van der Waals surface area (Å²) >= 11 is 0. The molecule has 0 radical (unpaired) electrons. The normalized spacial score (nSPS) is 13.1. The van der Waals surface area contributed by atoms with Crippen LogP contribution >= 0.6 is 12.4 Å². The highest BCUT2D eigenvalue weighted by atomic mass is 35.5. The summed E-state index contributed by atoms with van der Waals surface area (Å²) in [6.07, 6.45) is -5.40. The van der Waals surface area contributed by atoms with E-state index < -0.39 is 24.5 Å². The second-order valence-electron chi connectivity index (χ2n) is 3.43. The van der Waals surface area contributed by atoms with E-state index in [1.165, 1.54) is 19.1 Å². The van der Waals surface area contributed by atoms with E-state index in [4.69, 9.17) is 5.73 Å². The predicted octanol–water partition coefficient (Wildman–Crippen LogP) is 3.51. The zero-order valence-electron chi connectivity index (χ0n) is 8.51. The highest BCUT2D eigenvalue weighted by Gasteiger charge is 2.31. The third kappa shape index (κ3) is 4.37. The minimum absolute atomic E-state index is 0. The lowest BCUT2D eigenvalue weighted by atomic mass is 9.99. The average molecular weight is 258 g/mol. The van der Waals surface area contributed by atoms with Gasteiger partial charge in [-0.25, -0.2) is 4.39 Å². The van der Waals surface area contributed by atoms with Crippen molar-refractivity contribution in [2.45, 2.75) is 25.6 Å². The van der Waals surface area contributed by atoms with E-state index in [0.29, 0.717) is 11.1 Å². The molecule has 0 spiro atoms. The SMILES string of the molecule is Cc1cc(F)ccc1[C@@H](N)CC(F)(F)F.Cl. The zero-order chi connectivity index (χ0) is 11.6. The molecular weight excluding hydrogens is 246 g/mol. The van der Waals surface area contributed by atoms with E-state index in [1.807, 2.05) is 0 Å². The van der Waals surface area contributed by atoms with Crippen molar-refractivity contribution >= 4 is 12.4 Å². The molecule has 0 aliphatic carbocycles. The lowest BCUT2D eigenvalue weighted by Crippen LogP contribution is -2.21. The van der Waals surface area contributed by atoms with Crippen LogP contribution in [0, 0.1) is 12.7 Å². The van der Waals surface area contributed by atoms with E-state index >= 15 is 0 Å². The highest BCUT2D eigenvalue weighted by molar-refractivity contribution is 5.85. The first-order chi connectivity index (χ1) is 6.79. The fourth-order valence-corrected chi connectivity index (χ4v) is 1.41. The maximum atomic E-state index is 12.7. The summed E-state index contributed by atoms with van der Waals surface area (Å²) in [7, 11) is 0. The molecule has 0 unspecified atom stereocenters. The molecule has 1 rings (SSSR count). The van der Waals surface area contributed by atoms with Crippen LogP contribution < -0.4 is 5.73 Å². The lowest BCUT2D eigenvalue weighted by Gasteiger charge is -2.16. The molecule has 0 saturated heterocycles. The maximum absolute atomic E-state index is 12.7. The Kier molecular flexibility index (Phi) is 5.22. The van der Waals surface area contributed by atoms with Gasteiger partial charge in [0.15, 0.2) is 0 Å². The third-order valence-electron chi connectivity index (χ3n) is 2.08. The highest BCUT2D eigenvalue weighted by Crippen LogP contribution is 2.29. The van der Waals surface area contributed by atoms with Crippen LogP contribution in [0.1, 0.15) is 23.6 Å². The summed E-state index contributed by atoms with van der Waals surface area (Å²) in [5.74, 6) is -0.476. The monoisotopic (exact) mass is 257 g/mol. The van der Waals surface area contributed by atoms with Crippen molar-refractivity contribution in [1.29, 1.82) is 0 Å². The van der Waals surface area contributed by atoms with Crippen molar-refractivity contribution in [2.24, 2.45) is 5.73 Å². The van der Waals surface area contributed by atoms with E-state index in [1.54, 1.807) is 0 Å². The van der Waals surface area contributed by atoms with Crippen LogP contribution in [0.2, 0.25) is 0 Å². The van der Waals surface area contributed by atoms with E-state index in [-0.39, 0.29) is 12.4 Å². The van der Waals surface area contributed by atoms with E-state index in [0.717, 1.165) is 6.07 Å². The fourth-order valence-electron chi connectivity index (χ4n) is 1.41. The van der Waals surface area contributed by atoms with Gasteiger partial charge in [-0.15, -0.1) is 12.4 Å². The summed E-state index contributed by atoms with van der Waals surface area (Å²) in [4.78, 5) is 0. The first-order valence-corrected chi connectivity index (χ1v) is 4.38. The summed E-state index contributed by atoms with van der Waals surface area (Å²) in [6.45, 7) is 1.54. The average Bonchev–Trinajstić information content (AvgIpc) is 1.99. The topological polar surface area (TPSA) is 26.0 Å². The Morgan fingerprint density at radius 3 is 2.31 bits per heavy atom. The molecule has 0 saturated carbocycles. The van der Waals surface area contributed by atoms with Gasteiger partial charge < -0.3 is 5.73 Å². The minimum atomic E-state index is -4.31. The number of aryl methyl sites for hydroxylation is 1. The van der Waals surface area contributed by atoms with E-state index in [9.17, 15) is 17.6 Å². The smallest absolute Gasteiger partial charge is 0.324 e. The number of hydrogen-bond acceptors (Lipinski definition) is 1. The Balaban J connectivity index is 0.00000225. The van der Waals surface area contributed by atoms with Gasteiger partial charge in [0.05, 0.1) is 6.42 Å². The standard InChI is InChI=1S/C10H11F4N.ClH/c1-6-4-7(11)2-3-8(6)9(15)5-10(12,13)14;/h2-4,9H,5,15H2,1H3;1H/t9-;/m0./s1. The number of benzene rings is 1. The van der Waals surface area contributed by atoms with Gasteiger partial charge in [-0.05, 0) is 30.2 Å². The number of halogens is 5. The van der Waals surface area contributed by atoms with Gasteiger partial charge in [-0.3, -0.25) is 0 Å². The van der Waals surface area contributed by atoms with Crippen molar-refractivity contribution < 1.29 is 17.6 Å². The lowest BCUT2D eigenvalue weighted by molar-refractivity contribution is -0.138. The van der Waals surface area contributed by atoms with Gasteiger partial charge in [0.1, 0.15) is 5.82 Å². The number of alkyl halides is 3. The quantitative estimate of drug-likeness (QED) is 0.806. The molecule has 1 aromatic carbocycles. The zero-order valence-corrected chi connectivity index (χ0v) is 9.33. The van der Waals surface area contributed by atoms with Gasteiger partial charge >= 0.3 is 6.18 Å². The van der Waals surface area contributed by atoms with Crippen LogP contribution in [0.4, 0.5) is 17.6 Å². The van der Waals surface area contributed by atoms with Gasteiger partial charge in [0.25, 0.3) is 0 Å². The molecule has 16 heavy (non-hydrogen) atoms. The molecule has 0 aromatic heterocycles. The fraction of sp³-hybridized carbons (Fsp3) is 0.400. The third-order valence-corrected chi connectivity index (χ3v) is 2.08. The molecule has 1 aromatic rings. The molecule has 0 bridgehead atoms. The Bertz CT molecular complexity index is 351. The Hall–Kier alpha value is -0.810. The molecule has 0 aliphatic heterocycles. The Labute approximate surface area is 97.0 Å². The van der Waals surface area contributed by atoms with Crippen LogP contribution in [0.5, 0.6) is 0 Å². The number of hydrogen-bond donors (Lipinski definition) is 1. The van der Waals surface area contributed by atoms with Crippen molar-refractivity contribution in [3.05, 3.63) is 35.1 Å². The van der Waals surface area contributed by atoms with Crippen molar-refractivity contribution in [2.75, 3.05) is 0 Å². The number of rotatable bonds is 2. The molecule has 0 heterocycles. The van der Waals surface area contributed by atoms with Gasteiger partial charge in [0, 0.05) is 6.04 Å². The predicted molar refractivity (Wildman–Crippen MR) is 56.0 cm³/mol. The Morgan fingerprint density at radius 2 is 1.88 bits per heavy atom. The molecule has 6 heteroatoms. The summed E-state index contributed by atoms with van der Waals surface area (Å²) < 4.78 is 48.8. The molecule has 2 N–H and O–H groups in total. The first kappa shape index (κ1) is 15.2. The van der Waals surface area contributed by atoms with Crippen LogP contribution in [-0.2, 0) is 0 Å². The van der Waals surface area contributed by atoms with Crippen LogP contribution in [-0.4, -0.2) is 6.18 Å². The number of nitrogens with two attached hydrogens (primary N) is 1. The van der Waals surface area contributed by atoms with Gasteiger partial charge in [0.2, 0.25) is 0 Å².